The highest BCUT2D eigenvalue weighted by Gasteiger charge is 2.30. The minimum Gasteiger partial charge on any atom is -0.391 e. The molecule has 144 valence electrons. The van der Waals surface area contributed by atoms with Gasteiger partial charge in [0.1, 0.15) is 0 Å². The number of carbonyl (C=O) groups excluding carboxylic acids is 1. The van der Waals surface area contributed by atoms with Crippen molar-refractivity contribution in [3.05, 3.63) is 46.6 Å². The largest absolute Gasteiger partial charge is 0.416 e. The van der Waals surface area contributed by atoms with E-state index in [2.05, 4.69) is 10.1 Å². The Hall–Kier alpha value is -2.64. The Morgan fingerprint density at radius 1 is 1.29 bits per heavy atom. The molecule has 2 aliphatic heterocycles. The van der Waals surface area contributed by atoms with Crippen LogP contribution >= 0.6 is 11.6 Å². The monoisotopic (exact) mass is 398 g/mol. The van der Waals surface area contributed by atoms with Gasteiger partial charge in [-0.15, -0.1) is 0 Å². The molecule has 2 aliphatic rings. The Kier molecular flexibility index (Phi) is 4.21. The van der Waals surface area contributed by atoms with Gasteiger partial charge in [0.25, 0.3) is 0 Å². The Morgan fingerprint density at radius 2 is 2.11 bits per heavy atom. The highest BCUT2D eigenvalue weighted by atomic mass is 35.5. The quantitative estimate of drug-likeness (QED) is 0.669. The molecule has 1 saturated heterocycles. The van der Waals surface area contributed by atoms with Gasteiger partial charge in [0.05, 0.1) is 30.6 Å². The fourth-order valence-electron chi connectivity index (χ4n) is 3.76. The predicted molar refractivity (Wildman–Crippen MR) is 104 cm³/mol. The molecule has 0 unspecified atom stereocenters. The summed E-state index contributed by atoms with van der Waals surface area (Å²) in [4.78, 5) is 18.8. The lowest BCUT2D eigenvalue weighted by molar-refractivity contribution is 0.0641. The summed E-state index contributed by atoms with van der Waals surface area (Å²) in [7, 11) is 0. The smallest absolute Gasteiger partial charge is 0.391 e. The molecule has 1 amide bonds. The molecule has 0 saturated carbocycles. The van der Waals surface area contributed by atoms with Crippen LogP contribution in [0.2, 0.25) is 5.02 Å². The van der Waals surface area contributed by atoms with Gasteiger partial charge in [-0.25, -0.2) is 9.48 Å². The average molecular weight is 399 g/mol. The van der Waals surface area contributed by atoms with E-state index >= 15 is 0 Å². The van der Waals surface area contributed by atoms with E-state index in [0.717, 1.165) is 41.8 Å². The molecule has 7 nitrogen and oxygen atoms in total. The van der Waals surface area contributed by atoms with E-state index in [1.165, 1.54) is 0 Å². The average Bonchev–Trinajstić information content (AvgIpc) is 3.30. The van der Waals surface area contributed by atoms with E-state index in [-0.39, 0.29) is 12.2 Å². The summed E-state index contributed by atoms with van der Waals surface area (Å²) in [6.07, 6.45) is 1.71. The van der Waals surface area contributed by atoms with Crippen LogP contribution in [0.4, 0.5) is 4.79 Å². The van der Waals surface area contributed by atoms with Gasteiger partial charge >= 0.3 is 6.09 Å². The molecular formula is C20H19ClN4O3. The van der Waals surface area contributed by atoms with Crippen LogP contribution in [0.25, 0.3) is 16.7 Å². The fraction of sp³-hybridized carbons (Fsp3) is 0.350. The highest BCUT2D eigenvalue weighted by molar-refractivity contribution is 6.30. The lowest BCUT2D eigenvalue weighted by atomic mass is 10.1. The minimum absolute atomic E-state index is 0.0835. The number of hydrogen-bond donors (Lipinski definition) is 0. The van der Waals surface area contributed by atoms with Crippen molar-refractivity contribution < 1.29 is 14.3 Å². The molecular weight excluding hydrogens is 380 g/mol. The number of fused-ring (bicyclic) bond motifs is 2. The molecule has 4 heterocycles. The number of rotatable bonds is 3. The second kappa shape index (κ2) is 6.76. The van der Waals surface area contributed by atoms with Crippen LogP contribution in [0.15, 0.2) is 30.3 Å². The van der Waals surface area contributed by atoms with Gasteiger partial charge in [0.15, 0.2) is 5.65 Å². The van der Waals surface area contributed by atoms with Crippen LogP contribution in [0.1, 0.15) is 24.1 Å². The Morgan fingerprint density at radius 3 is 2.86 bits per heavy atom. The number of benzene rings is 1. The molecule has 2 aromatic heterocycles. The number of aryl methyl sites for hydroxylation is 1. The van der Waals surface area contributed by atoms with Gasteiger partial charge in [-0.3, -0.25) is 0 Å². The van der Waals surface area contributed by atoms with Crippen LogP contribution < -0.4 is 4.74 Å². The van der Waals surface area contributed by atoms with Crippen molar-refractivity contribution >= 4 is 28.7 Å². The normalized spacial score (nSPS) is 19.1. The second-order valence-electron chi connectivity index (χ2n) is 7.18. The maximum Gasteiger partial charge on any atom is 0.416 e. The van der Waals surface area contributed by atoms with Crippen LogP contribution in [0, 0.1) is 6.92 Å². The number of carbonyl (C=O) groups is 1. The topological polar surface area (TPSA) is 69.5 Å². The first-order chi connectivity index (χ1) is 13.6. The van der Waals surface area contributed by atoms with E-state index in [1.54, 1.807) is 21.7 Å². The zero-order valence-electron chi connectivity index (χ0n) is 15.4. The van der Waals surface area contributed by atoms with Crippen molar-refractivity contribution in [1.29, 1.82) is 0 Å². The standard InChI is InChI=1S/C20H19ClN4O3/c1-12-17-9-13-10-24(11-16-3-2-8-27-16)20(26)28-19(13)22-18(17)25(23-12)15-6-4-14(21)5-7-15/h4-7,9,16H,2-3,8,10-11H2,1H3/t16-/m0/s1. The molecule has 1 aromatic carbocycles. The summed E-state index contributed by atoms with van der Waals surface area (Å²) in [5.41, 5.74) is 3.24. The van der Waals surface area contributed by atoms with Crippen molar-refractivity contribution in [1.82, 2.24) is 19.7 Å². The number of amides is 1. The summed E-state index contributed by atoms with van der Waals surface area (Å²) < 4.78 is 12.9. The summed E-state index contributed by atoms with van der Waals surface area (Å²) >= 11 is 5.99. The number of nitrogens with zero attached hydrogens (tertiary/aromatic N) is 4. The molecule has 1 atom stereocenters. The zero-order chi connectivity index (χ0) is 19.3. The molecule has 0 N–H and O–H groups in total. The third kappa shape index (κ3) is 3.00. The summed E-state index contributed by atoms with van der Waals surface area (Å²) in [5.74, 6) is 0.344. The first kappa shape index (κ1) is 17.5. The second-order valence-corrected chi connectivity index (χ2v) is 7.62. The third-order valence-electron chi connectivity index (χ3n) is 5.20. The van der Waals surface area contributed by atoms with Gasteiger partial charge in [-0.2, -0.15) is 10.1 Å². The Labute approximate surface area is 166 Å². The summed E-state index contributed by atoms with van der Waals surface area (Å²) in [6, 6.07) is 9.39. The first-order valence-electron chi connectivity index (χ1n) is 9.32. The van der Waals surface area contributed by atoms with Crippen molar-refractivity contribution in [2.45, 2.75) is 32.4 Å². The molecule has 0 aliphatic carbocycles. The number of pyridine rings is 1. The molecule has 0 radical (unpaired) electrons. The molecule has 8 heteroatoms. The van der Waals surface area contributed by atoms with E-state index in [4.69, 9.17) is 21.1 Å². The number of hydrogen-bond acceptors (Lipinski definition) is 5. The first-order valence-corrected chi connectivity index (χ1v) is 9.70. The minimum atomic E-state index is -0.385. The molecule has 3 aromatic rings. The fourth-order valence-corrected chi connectivity index (χ4v) is 3.89. The lowest BCUT2D eigenvalue weighted by Gasteiger charge is -2.29. The Balaban J connectivity index is 1.52. The van der Waals surface area contributed by atoms with E-state index in [1.807, 2.05) is 25.1 Å². The molecule has 5 rings (SSSR count). The maximum absolute atomic E-state index is 12.4. The van der Waals surface area contributed by atoms with E-state index in [9.17, 15) is 4.79 Å². The van der Waals surface area contributed by atoms with Crippen LogP contribution in [0.3, 0.4) is 0 Å². The van der Waals surface area contributed by atoms with Crippen molar-refractivity contribution in [3.63, 3.8) is 0 Å². The number of ether oxygens (including phenoxy) is 2. The van der Waals surface area contributed by atoms with Crippen molar-refractivity contribution in [3.8, 4) is 11.6 Å². The summed E-state index contributed by atoms with van der Waals surface area (Å²) in [6.45, 7) is 3.71. The Bertz CT molecular complexity index is 1060. The highest BCUT2D eigenvalue weighted by Crippen LogP contribution is 2.31. The van der Waals surface area contributed by atoms with Gasteiger partial charge in [0, 0.05) is 22.6 Å². The number of halogens is 1. The summed E-state index contributed by atoms with van der Waals surface area (Å²) in [5, 5.41) is 6.21. The zero-order valence-corrected chi connectivity index (χ0v) is 16.1. The van der Waals surface area contributed by atoms with Crippen molar-refractivity contribution in [2.24, 2.45) is 0 Å². The number of aromatic nitrogens is 3. The van der Waals surface area contributed by atoms with Crippen LogP contribution in [-0.2, 0) is 11.3 Å². The van der Waals surface area contributed by atoms with E-state index < -0.39 is 0 Å². The maximum atomic E-state index is 12.4. The molecule has 28 heavy (non-hydrogen) atoms. The molecule has 0 bridgehead atoms. The van der Waals surface area contributed by atoms with Crippen molar-refractivity contribution in [2.75, 3.05) is 13.2 Å². The van der Waals surface area contributed by atoms with Gasteiger partial charge in [-0.05, 0) is 50.1 Å². The van der Waals surface area contributed by atoms with Crippen LogP contribution in [0.5, 0.6) is 5.88 Å². The van der Waals surface area contributed by atoms with E-state index in [0.29, 0.717) is 29.6 Å². The third-order valence-corrected chi connectivity index (χ3v) is 5.46. The SMILES string of the molecule is Cc1nn(-c2ccc(Cl)cc2)c2nc3c(cc12)CN(C[C@@H]1CCCO1)C(=O)O3. The predicted octanol–water partition coefficient (Wildman–Crippen LogP) is 3.88. The van der Waals surface area contributed by atoms with Gasteiger partial charge in [-0.1, -0.05) is 11.6 Å². The lowest BCUT2D eigenvalue weighted by Crippen LogP contribution is -2.41. The molecule has 0 spiro atoms. The van der Waals surface area contributed by atoms with Gasteiger partial charge in [0.2, 0.25) is 5.88 Å². The molecule has 1 fully saturated rings. The van der Waals surface area contributed by atoms with Gasteiger partial charge < -0.3 is 14.4 Å². The van der Waals surface area contributed by atoms with Crippen LogP contribution in [-0.4, -0.2) is 45.0 Å².